The fourth-order valence-corrected chi connectivity index (χ4v) is 3.16. The highest BCUT2D eigenvalue weighted by Gasteiger charge is 2.23. The molecule has 0 bridgehead atoms. The van der Waals surface area contributed by atoms with E-state index in [2.05, 4.69) is 0 Å². The minimum absolute atomic E-state index is 0.259. The minimum atomic E-state index is -0.726. The fraction of sp³-hybridized carbons (Fsp3) is 0.444. The second-order valence-corrected chi connectivity index (χ2v) is 5.97. The average Bonchev–Trinajstić information content (AvgIpc) is 2.53. The Kier molecular flexibility index (Phi) is 4.11. The van der Waals surface area contributed by atoms with Crippen molar-refractivity contribution in [2.24, 2.45) is 0 Å². The third kappa shape index (κ3) is 2.83. The van der Waals surface area contributed by atoms with Crippen LogP contribution in [0.4, 0.5) is 0 Å². The summed E-state index contributed by atoms with van der Waals surface area (Å²) in [4.78, 5) is 23.9. The summed E-state index contributed by atoms with van der Waals surface area (Å²) in [7, 11) is 1.33. The summed E-state index contributed by atoms with van der Waals surface area (Å²) >= 11 is 0. The van der Waals surface area contributed by atoms with Crippen molar-refractivity contribution in [3.05, 3.63) is 39.2 Å². The Bertz CT molecular complexity index is 818. The molecule has 0 fully saturated rings. The first-order valence-electron chi connectivity index (χ1n) is 7.85. The van der Waals surface area contributed by atoms with Gasteiger partial charge in [0.1, 0.15) is 11.3 Å². The molecule has 0 spiro atoms. The zero-order chi connectivity index (χ0) is 16.6. The molecule has 1 aromatic carbocycles. The Morgan fingerprint density at radius 3 is 2.61 bits per heavy atom. The van der Waals surface area contributed by atoms with Crippen LogP contribution in [-0.4, -0.2) is 19.2 Å². The van der Waals surface area contributed by atoms with Crippen LogP contribution >= 0.6 is 0 Å². The van der Waals surface area contributed by atoms with E-state index in [1.54, 1.807) is 6.92 Å². The number of methoxy groups -OCH3 is 1. The fourth-order valence-electron chi connectivity index (χ4n) is 3.16. The van der Waals surface area contributed by atoms with E-state index < -0.39 is 12.1 Å². The molecule has 0 aliphatic heterocycles. The van der Waals surface area contributed by atoms with Crippen molar-refractivity contribution < 1.29 is 18.7 Å². The molecule has 1 aromatic heterocycles. The molecule has 0 radical (unpaired) electrons. The highest BCUT2D eigenvalue weighted by atomic mass is 16.6. The van der Waals surface area contributed by atoms with Crippen LogP contribution < -0.4 is 10.4 Å². The molecule has 0 saturated heterocycles. The van der Waals surface area contributed by atoms with Crippen molar-refractivity contribution >= 4 is 16.9 Å². The molecule has 0 N–H and O–H groups in total. The predicted octanol–water partition coefficient (Wildman–Crippen LogP) is 2.92. The van der Waals surface area contributed by atoms with Crippen molar-refractivity contribution in [2.45, 2.75) is 45.6 Å². The molecular weight excluding hydrogens is 296 g/mol. The van der Waals surface area contributed by atoms with Crippen LogP contribution in [0.3, 0.4) is 0 Å². The molecule has 3 rings (SSSR count). The van der Waals surface area contributed by atoms with Crippen molar-refractivity contribution in [1.29, 1.82) is 0 Å². The molecule has 1 heterocycles. The quantitative estimate of drug-likeness (QED) is 0.643. The number of benzene rings is 1. The first-order valence-corrected chi connectivity index (χ1v) is 7.85. The van der Waals surface area contributed by atoms with E-state index in [-0.39, 0.29) is 5.63 Å². The van der Waals surface area contributed by atoms with Gasteiger partial charge >= 0.3 is 11.6 Å². The Morgan fingerprint density at radius 2 is 1.91 bits per heavy atom. The van der Waals surface area contributed by atoms with Crippen molar-refractivity contribution in [3.63, 3.8) is 0 Å². The minimum Gasteiger partial charge on any atom is -0.478 e. The number of fused-ring (bicyclic) bond motifs is 3. The van der Waals surface area contributed by atoms with E-state index in [4.69, 9.17) is 13.9 Å². The van der Waals surface area contributed by atoms with Gasteiger partial charge in [0.15, 0.2) is 6.10 Å². The first kappa shape index (κ1) is 15.6. The van der Waals surface area contributed by atoms with Gasteiger partial charge in [0.05, 0.1) is 12.5 Å². The third-order valence-electron chi connectivity index (χ3n) is 4.27. The molecular formula is C18H20O5. The maximum absolute atomic E-state index is 12.2. The number of carbonyl (C=O) groups is 1. The Labute approximate surface area is 134 Å². The van der Waals surface area contributed by atoms with Gasteiger partial charge in [-0.25, -0.2) is 9.59 Å². The van der Waals surface area contributed by atoms with Crippen molar-refractivity contribution in [1.82, 2.24) is 0 Å². The lowest BCUT2D eigenvalue weighted by atomic mass is 9.90. The summed E-state index contributed by atoms with van der Waals surface area (Å²) in [5, 5.41) is 0.806. The van der Waals surface area contributed by atoms with Gasteiger partial charge in [0.2, 0.25) is 0 Å². The Hall–Kier alpha value is -2.30. The number of hydrogen-bond donors (Lipinski definition) is 0. The smallest absolute Gasteiger partial charge is 0.346 e. The highest BCUT2D eigenvalue weighted by Crippen LogP contribution is 2.35. The van der Waals surface area contributed by atoms with Gasteiger partial charge in [-0.1, -0.05) is 0 Å². The predicted molar refractivity (Wildman–Crippen MR) is 86.0 cm³/mol. The second kappa shape index (κ2) is 6.07. The lowest BCUT2D eigenvalue weighted by Gasteiger charge is -2.20. The number of ether oxygens (including phenoxy) is 2. The maximum atomic E-state index is 12.2. The van der Waals surface area contributed by atoms with Crippen LogP contribution in [0, 0.1) is 6.92 Å². The Morgan fingerprint density at radius 1 is 1.22 bits per heavy atom. The van der Waals surface area contributed by atoms with E-state index in [1.165, 1.54) is 7.11 Å². The van der Waals surface area contributed by atoms with Gasteiger partial charge in [-0.3, -0.25) is 0 Å². The number of rotatable bonds is 3. The lowest BCUT2D eigenvalue weighted by Crippen LogP contribution is -2.25. The number of hydrogen-bond acceptors (Lipinski definition) is 5. The topological polar surface area (TPSA) is 65.7 Å². The largest absolute Gasteiger partial charge is 0.478 e. The number of esters is 1. The van der Waals surface area contributed by atoms with Crippen LogP contribution in [0.5, 0.6) is 5.75 Å². The third-order valence-corrected chi connectivity index (χ3v) is 4.27. The summed E-state index contributed by atoms with van der Waals surface area (Å²) in [5.74, 6) is 0.130. The normalized spacial score (nSPS) is 15.1. The molecule has 0 amide bonds. The standard InChI is InChI=1S/C18H20O5/c1-10-8-14(22-11(2)17(19)21-3)16-12-6-4-5-7-13(12)18(20)23-15(16)9-10/h8-9,11H,4-7H2,1-3H3/t11-/m0/s1. The van der Waals surface area contributed by atoms with Gasteiger partial charge in [-0.2, -0.15) is 0 Å². The molecule has 122 valence electrons. The molecule has 23 heavy (non-hydrogen) atoms. The van der Waals surface area contributed by atoms with Gasteiger partial charge in [-0.05, 0) is 62.8 Å². The van der Waals surface area contributed by atoms with E-state index in [0.29, 0.717) is 11.3 Å². The molecule has 1 atom stereocenters. The molecule has 1 aliphatic carbocycles. The SMILES string of the molecule is COC(=O)[C@H](C)Oc1cc(C)cc2oc(=O)c3c(c12)CCCC3. The van der Waals surface area contributed by atoms with Gasteiger partial charge in [0.25, 0.3) is 0 Å². The summed E-state index contributed by atoms with van der Waals surface area (Å²) < 4.78 is 16.0. The van der Waals surface area contributed by atoms with E-state index in [0.717, 1.165) is 47.8 Å². The summed E-state index contributed by atoms with van der Waals surface area (Å²) in [6.45, 7) is 3.54. The molecule has 5 heteroatoms. The van der Waals surface area contributed by atoms with Crippen LogP contribution in [0.25, 0.3) is 11.0 Å². The Balaban J connectivity index is 2.20. The van der Waals surface area contributed by atoms with E-state index in [1.807, 2.05) is 19.1 Å². The molecule has 2 aromatic rings. The van der Waals surface area contributed by atoms with Gasteiger partial charge < -0.3 is 13.9 Å². The molecule has 5 nitrogen and oxygen atoms in total. The van der Waals surface area contributed by atoms with Crippen LogP contribution in [0.15, 0.2) is 21.3 Å². The molecule has 1 aliphatic rings. The molecule has 0 unspecified atom stereocenters. The number of aryl methyl sites for hydroxylation is 2. The first-order chi connectivity index (χ1) is 11.0. The molecule has 0 saturated carbocycles. The highest BCUT2D eigenvalue weighted by molar-refractivity contribution is 5.89. The zero-order valence-corrected chi connectivity index (χ0v) is 13.6. The van der Waals surface area contributed by atoms with Gasteiger partial charge in [0, 0.05) is 5.56 Å². The van der Waals surface area contributed by atoms with Crippen LogP contribution in [-0.2, 0) is 22.4 Å². The van der Waals surface area contributed by atoms with Gasteiger partial charge in [-0.15, -0.1) is 0 Å². The van der Waals surface area contributed by atoms with Crippen molar-refractivity contribution in [2.75, 3.05) is 7.11 Å². The summed E-state index contributed by atoms with van der Waals surface area (Å²) in [6.07, 6.45) is 2.85. The average molecular weight is 316 g/mol. The second-order valence-electron chi connectivity index (χ2n) is 5.97. The van der Waals surface area contributed by atoms with E-state index >= 15 is 0 Å². The van der Waals surface area contributed by atoms with E-state index in [9.17, 15) is 9.59 Å². The maximum Gasteiger partial charge on any atom is 0.346 e. The zero-order valence-electron chi connectivity index (χ0n) is 13.6. The van der Waals surface area contributed by atoms with Crippen LogP contribution in [0.2, 0.25) is 0 Å². The lowest BCUT2D eigenvalue weighted by molar-refractivity contribution is -0.147. The summed E-state index contributed by atoms with van der Waals surface area (Å²) in [5.41, 5.74) is 2.90. The van der Waals surface area contributed by atoms with Crippen molar-refractivity contribution in [3.8, 4) is 5.75 Å². The van der Waals surface area contributed by atoms with Crippen LogP contribution in [0.1, 0.15) is 36.5 Å². The monoisotopic (exact) mass is 316 g/mol. The number of carbonyl (C=O) groups excluding carboxylic acids is 1. The summed E-state index contributed by atoms with van der Waals surface area (Å²) in [6, 6.07) is 3.71.